The molecule has 0 radical (unpaired) electrons. The number of fused-ring (bicyclic) bond motifs is 1. The van der Waals surface area contributed by atoms with E-state index in [0.29, 0.717) is 25.0 Å². The van der Waals surface area contributed by atoms with Crippen molar-refractivity contribution in [3.63, 3.8) is 0 Å². The lowest BCUT2D eigenvalue weighted by molar-refractivity contribution is -0.146. The van der Waals surface area contributed by atoms with Gasteiger partial charge in [-0.25, -0.2) is 0 Å². The van der Waals surface area contributed by atoms with Gasteiger partial charge in [0.25, 0.3) is 0 Å². The van der Waals surface area contributed by atoms with E-state index in [9.17, 15) is 9.59 Å². The van der Waals surface area contributed by atoms with Gasteiger partial charge < -0.3 is 4.74 Å². The topological polar surface area (TPSA) is 56.3 Å². The Hall–Kier alpha value is -1.71. The Labute approximate surface area is 93.6 Å². The average molecular weight is 219 g/mol. The average Bonchev–Trinajstić information content (AvgIpc) is 2.30. The van der Waals surface area contributed by atoms with Gasteiger partial charge in [-0.1, -0.05) is 0 Å². The van der Waals surface area contributed by atoms with Crippen LogP contribution in [0.15, 0.2) is 18.5 Å². The molecule has 1 aromatic rings. The molecule has 2 rings (SSSR count). The van der Waals surface area contributed by atoms with E-state index in [-0.39, 0.29) is 5.78 Å². The quantitative estimate of drug-likeness (QED) is 0.557. The van der Waals surface area contributed by atoms with Crippen molar-refractivity contribution in [1.29, 1.82) is 0 Å². The molecule has 0 aliphatic heterocycles. The Balaban J connectivity index is 2.24. The first kappa shape index (κ1) is 10.8. The standard InChI is InChI=1S/C12H13NO3/c1-2-16-12(15)10-4-3-8-7-13-6-5-9(8)11(10)14/h5-7,10H,2-4H2,1H3. The number of ketones is 1. The summed E-state index contributed by atoms with van der Waals surface area (Å²) in [5, 5.41) is 0. The van der Waals surface area contributed by atoms with Crippen molar-refractivity contribution < 1.29 is 14.3 Å². The summed E-state index contributed by atoms with van der Waals surface area (Å²) < 4.78 is 4.89. The Kier molecular flexibility index (Phi) is 2.99. The number of rotatable bonds is 2. The van der Waals surface area contributed by atoms with Gasteiger partial charge in [-0.05, 0) is 31.4 Å². The van der Waals surface area contributed by atoms with Crippen molar-refractivity contribution in [2.24, 2.45) is 5.92 Å². The smallest absolute Gasteiger partial charge is 0.316 e. The maximum absolute atomic E-state index is 12.0. The number of ether oxygens (including phenoxy) is 1. The molecule has 1 aromatic heterocycles. The molecule has 1 heterocycles. The number of carbonyl (C=O) groups excluding carboxylic acids is 2. The second-order valence-electron chi connectivity index (χ2n) is 3.74. The Morgan fingerprint density at radius 3 is 3.19 bits per heavy atom. The zero-order valence-corrected chi connectivity index (χ0v) is 9.10. The van der Waals surface area contributed by atoms with Crippen molar-refractivity contribution in [3.05, 3.63) is 29.6 Å². The van der Waals surface area contributed by atoms with Crippen LogP contribution in [0, 0.1) is 5.92 Å². The molecule has 84 valence electrons. The molecule has 4 nitrogen and oxygen atoms in total. The minimum absolute atomic E-state index is 0.137. The summed E-state index contributed by atoms with van der Waals surface area (Å²) in [7, 11) is 0. The highest BCUT2D eigenvalue weighted by Gasteiger charge is 2.33. The van der Waals surface area contributed by atoms with E-state index in [1.54, 1.807) is 25.4 Å². The molecule has 0 amide bonds. The van der Waals surface area contributed by atoms with Crippen LogP contribution in [0.3, 0.4) is 0 Å². The van der Waals surface area contributed by atoms with E-state index >= 15 is 0 Å². The van der Waals surface area contributed by atoms with Gasteiger partial charge in [-0.15, -0.1) is 0 Å². The second kappa shape index (κ2) is 4.43. The number of pyridine rings is 1. The fourth-order valence-electron chi connectivity index (χ4n) is 1.95. The molecular weight excluding hydrogens is 206 g/mol. The molecular formula is C12H13NO3. The van der Waals surface area contributed by atoms with Crippen molar-refractivity contribution in [2.45, 2.75) is 19.8 Å². The predicted molar refractivity (Wildman–Crippen MR) is 57.0 cm³/mol. The van der Waals surface area contributed by atoms with E-state index in [0.717, 1.165) is 5.56 Å². The third kappa shape index (κ3) is 1.83. The van der Waals surface area contributed by atoms with Gasteiger partial charge in [0, 0.05) is 18.0 Å². The van der Waals surface area contributed by atoms with E-state index in [1.165, 1.54) is 0 Å². The van der Waals surface area contributed by atoms with E-state index in [2.05, 4.69) is 4.98 Å². The highest BCUT2D eigenvalue weighted by Crippen LogP contribution is 2.25. The van der Waals surface area contributed by atoms with Crippen LogP contribution in [0.25, 0.3) is 0 Å². The summed E-state index contributed by atoms with van der Waals surface area (Å²) >= 11 is 0. The Morgan fingerprint density at radius 1 is 1.62 bits per heavy atom. The zero-order valence-electron chi connectivity index (χ0n) is 9.10. The highest BCUT2D eigenvalue weighted by molar-refractivity contribution is 6.10. The highest BCUT2D eigenvalue weighted by atomic mass is 16.5. The fourth-order valence-corrected chi connectivity index (χ4v) is 1.95. The van der Waals surface area contributed by atoms with Crippen LogP contribution < -0.4 is 0 Å². The molecule has 0 bridgehead atoms. The van der Waals surface area contributed by atoms with Gasteiger partial charge in [-0.2, -0.15) is 0 Å². The summed E-state index contributed by atoms with van der Waals surface area (Å²) in [6.07, 6.45) is 4.49. The van der Waals surface area contributed by atoms with Gasteiger partial charge in [0.1, 0.15) is 5.92 Å². The van der Waals surface area contributed by atoms with Crippen LogP contribution in [0.2, 0.25) is 0 Å². The van der Waals surface area contributed by atoms with Crippen molar-refractivity contribution in [2.75, 3.05) is 6.61 Å². The van der Waals surface area contributed by atoms with Crippen LogP contribution in [0.1, 0.15) is 29.3 Å². The molecule has 0 fully saturated rings. The monoisotopic (exact) mass is 219 g/mol. The van der Waals surface area contributed by atoms with Gasteiger partial charge in [-0.3, -0.25) is 14.6 Å². The summed E-state index contributed by atoms with van der Waals surface area (Å²) in [5.41, 5.74) is 1.53. The Morgan fingerprint density at radius 2 is 2.44 bits per heavy atom. The molecule has 0 N–H and O–H groups in total. The van der Waals surface area contributed by atoms with Gasteiger partial charge in [0.15, 0.2) is 5.78 Å². The SMILES string of the molecule is CCOC(=O)C1CCc2cnccc2C1=O. The normalized spacial score (nSPS) is 19.1. The molecule has 1 atom stereocenters. The van der Waals surface area contributed by atoms with Crippen LogP contribution >= 0.6 is 0 Å². The number of esters is 1. The van der Waals surface area contributed by atoms with Gasteiger partial charge in [0.2, 0.25) is 0 Å². The Bertz CT molecular complexity index is 428. The molecule has 0 spiro atoms. The molecule has 1 aliphatic rings. The summed E-state index contributed by atoms with van der Waals surface area (Å²) in [6.45, 7) is 2.05. The first-order valence-corrected chi connectivity index (χ1v) is 5.37. The largest absolute Gasteiger partial charge is 0.465 e. The summed E-state index contributed by atoms with van der Waals surface area (Å²) in [6, 6.07) is 1.67. The van der Waals surface area contributed by atoms with E-state index < -0.39 is 11.9 Å². The molecule has 0 saturated heterocycles. The lowest BCUT2D eigenvalue weighted by Crippen LogP contribution is -2.31. The molecule has 0 saturated carbocycles. The first-order chi connectivity index (χ1) is 7.74. The number of nitrogens with zero attached hydrogens (tertiary/aromatic N) is 1. The number of hydrogen-bond acceptors (Lipinski definition) is 4. The molecule has 1 unspecified atom stereocenters. The summed E-state index contributed by atoms with van der Waals surface area (Å²) in [4.78, 5) is 27.5. The second-order valence-corrected chi connectivity index (χ2v) is 3.74. The minimum atomic E-state index is -0.630. The maximum atomic E-state index is 12.0. The lowest BCUT2D eigenvalue weighted by Gasteiger charge is -2.21. The molecule has 16 heavy (non-hydrogen) atoms. The van der Waals surface area contributed by atoms with E-state index in [4.69, 9.17) is 4.74 Å². The van der Waals surface area contributed by atoms with Crippen LogP contribution in [0.4, 0.5) is 0 Å². The number of carbonyl (C=O) groups is 2. The number of hydrogen-bond donors (Lipinski definition) is 0. The number of Topliss-reactive ketones (excluding diaryl/α,β-unsaturated/α-hetero) is 1. The molecule has 0 aromatic carbocycles. The summed E-state index contributed by atoms with van der Waals surface area (Å²) in [5.74, 6) is -1.17. The first-order valence-electron chi connectivity index (χ1n) is 5.37. The van der Waals surface area contributed by atoms with Crippen molar-refractivity contribution >= 4 is 11.8 Å². The van der Waals surface area contributed by atoms with Crippen LogP contribution in [-0.4, -0.2) is 23.3 Å². The predicted octanol–water partition coefficient (Wildman–Crippen LogP) is 1.39. The zero-order chi connectivity index (χ0) is 11.5. The third-order valence-corrected chi connectivity index (χ3v) is 2.76. The molecule has 4 heteroatoms. The van der Waals surface area contributed by atoms with Crippen molar-refractivity contribution in [1.82, 2.24) is 4.98 Å². The number of aromatic nitrogens is 1. The maximum Gasteiger partial charge on any atom is 0.316 e. The van der Waals surface area contributed by atoms with E-state index in [1.807, 2.05) is 0 Å². The van der Waals surface area contributed by atoms with Crippen LogP contribution in [0.5, 0.6) is 0 Å². The lowest BCUT2D eigenvalue weighted by atomic mass is 9.84. The molecule has 1 aliphatic carbocycles. The minimum Gasteiger partial charge on any atom is -0.465 e. The fraction of sp³-hybridized carbons (Fsp3) is 0.417. The third-order valence-electron chi connectivity index (χ3n) is 2.76. The van der Waals surface area contributed by atoms with Crippen molar-refractivity contribution in [3.8, 4) is 0 Å². The number of aryl methyl sites for hydroxylation is 1. The van der Waals surface area contributed by atoms with Gasteiger partial charge >= 0.3 is 5.97 Å². The van der Waals surface area contributed by atoms with Gasteiger partial charge in [0.05, 0.1) is 6.61 Å². The van der Waals surface area contributed by atoms with Crippen LogP contribution in [-0.2, 0) is 16.0 Å².